The number of carbonyl (C=O) groups excluding carboxylic acids is 2. The number of benzene rings is 1. The lowest BCUT2D eigenvalue weighted by Crippen LogP contribution is -2.24. The Hall–Kier alpha value is -2.55. The van der Waals surface area contributed by atoms with Gasteiger partial charge in [-0.3, -0.25) is 9.59 Å². The predicted molar refractivity (Wildman–Crippen MR) is 76.5 cm³/mol. The Balaban J connectivity index is 1.87. The number of ether oxygens (including phenoxy) is 1. The zero-order chi connectivity index (χ0) is 15.1. The van der Waals surface area contributed by atoms with Gasteiger partial charge in [-0.1, -0.05) is 6.07 Å². The highest BCUT2D eigenvalue weighted by molar-refractivity contribution is 5.97. The monoisotopic (exact) mass is 287 g/mol. The molecule has 1 atom stereocenters. The van der Waals surface area contributed by atoms with Gasteiger partial charge in [-0.15, -0.1) is 0 Å². The van der Waals surface area contributed by atoms with E-state index in [-0.39, 0.29) is 24.2 Å². The van der Waals surface area contributed by atoms with Gasteiger partial charge in [-0.25, -0.2) is 0 Å². The van der Waals surface area contributed by atoms with Crippen LogP contribution in [0.3, 0.4) is 0 Å². The molecule has 2 rings (SSSR count). The maximum atomic E-state index is 12.0. The molecule has 1 fully saturated rings. The van der Waals surface area contributed by atoms with E-state index in [1.165, 1.54) is 0 Å². The highest BCUT2D eigenvalue weighted by atomic mass is 16.5. The molecule has 1 aromatic carbocycles. The molecule has 1 unspecified atom stereocenters. The van der Waals surface area contributed by atoms with Crippen LogP contribution in [0.5, 0.6) is 5.75 Å². The number of rotatable bonds is 6. The molecule has 1 aliphatic rings. The second-order valence-corrected chi connectivity index (χ2v) is 4.83. The predicted octanol–water partition coefficient (Wildman–Crippen LogP) is 1.44. The minimum Gasteiger partial charge on any atom is -0.493 e. The first-order valence-corrected chi connectivity index (χ1v) is 6.86. The summed E-state index contributed by atoms with van der Waals surface area (Å²) >= 11 is 0. The summed E-state index contributed by atoms with van der Waals surface area (Å²) in [5, 5.41) is 13.9. The van der Waals surface area contributed by atoms with E-state index in [4.69, 9.17) is 10.00 Å². The van der Waals surface area contributed by atoms with Gasteiger partial charge in [0.2, 0.25) is 11.8 Å². The van der Waals surface area contributed by atoms with Gasteiger partial charge >= 0.3 is 0 Å². The summed E-state index contributed by atoms with van der Waals surface area (Å²) < 4.78 is 5.50. The quantitative estimate of drug-likeness (QED) is 0.775. The third kappa shape index (κ3) is 4.49. The van der Waals surface area contributed by atoms with Crippen LogP contribution in [0.1, 0.15) is 19.3 Å². The summed E-state index contributed by atoms with van der Waals surface area (Å²) in [7, 11) is 0. The van der Waals surface area contributed by atoms with Gasteiger partial charge in [0.1, 0.15) is 5.75 Å². The topological polar surface area (TPSA) is 91.2 Å². The van der Waals surface area contributed by atoms with E-state index in [9.17, 15) is 9.59 Å². The fourth-order valence-electron chi connectivity index (χ4n) is 2.04. The second kappa shape index (κ2) is 7.29. The van der Waals surface area contributed by atoms with Gasteiger partial charge in [-0.05, 0) is 18.6 Å². The molecule has 21 heavy (non-hydrogen) atoms. The Labute approximate surface area is 123 Å². The summed E-state index contributed by atoms with van der Waals surface area (Å²) in [5.74, 6) is 0.0590. The zero-order valence-electron chi connectivity index (χ0n) is 11.6. The summed E-state index contributed by atoms with van der Waals surface area (Å²) in [6, 6.07) is 9.13. The molecule has 2 amide bonds. The number of nitriles is 1. The maximum Gasteiger partial charge on any atom is 0.229 e. The van der Waals surface area contributed by atoms with E-state index in [0.29, 0.717) is 37.4 Å². The zero-order valence-corrected chi connectivity index (χ0v) is 11.6. The fourth-order valence-corrected chi connectivity index (χ4v) is 2.04. The van der Waals surface area contributed by atoms with E-state index >= 15 is 0 Å². The average molecular weight is 287 g/mol. The molecule has 6 heteroatoms. The number of carbonyl (C=O) groups is 2. The number of anilines is 1. The molecule has 0 aliphatic carbocycles. The van der Waals surface area contributed by atoms with Gasteiger partial charge in [0.25, 0.3) is 0 Å². The van der Waals surface area contributed by atoms with Gasteiger partial charge in [-0.2, -0.15) is 5.26 Å². The van der Waals surface area contributed by atoms with Crippen molar-refractivity contribution in [3.8, 4) is 11.8 Å². The largest absolute Gasteiger partial charge is 0.493 e. The van der Waals surface area contributed by atoms with Crippen molar-refractivity contribution in [2.75, 3.05) is 18.5 Å². The smallest absolute Gasteiger partial charge is 0.229 e. The molecule has 1 saturated heterocycles. The number of nitrogens with one attached hydrogen (secondary N) is 2. The van der Waals surface area contributed by atoms with Crippen molar-refractivity contribution in [2.24, 2.45) is 5.92 Å². The Kier molecular flexibility index (Phi) is 5.16. The first-order chi connectivity index (χ1) is 10.2. The molecular weight excluding hydrogens is 270 g/mol. The van der Waals surface area contributed by atoms with E-state index in [0.717, 1.165) is 0 Å². The van der Waals surface area contributed by atoms with Crippen molar-refractivity contribution in [1.29, 1.82) is 5.26 Å². The summed E-state index contributed by atoms with van der Waals surface area (Å²) in [6.07, 6.45) is 1.36. The molecule has 0 bridgehead atoms. The van der Waals surface area contributed by atoms with Crippen LogP contribution in [-0.2, 0) is 9.59 Å². The van der Waals surface area contributed by atoms with Gasteiger partial charge in [0, 0.05) is 31.1 Å². The van der Waals surface area contributed by atoms with Gasteiger partial charge in [0.15, 0.2) is 0 Å². The van der Waals surface area contributed by atoms with E-state index < -0.39 is 0 Å². The number of hydrogen-bond donors (Lipinski definition) is 2. The summed E-state index contributed by atoms with van der Waals surface area (Å²) in [5.41, 5.74) is 0.636. The minimum absolute atomic E-state index is 0.0928. The van der Waals surface area contributed by atoms with E-state index in [1.807, 2.05) is 0 Å². The molecule has 6 nitrogen and oxygen atoms in total. The molecule has 0 aromatic heterocycles. The van der Waals surface area contributed by atoms with Crippen molar-refractivity contribution < 1.29 is 14.3 Å². The molecular formula is C15H17N3O3. The Morgan fingerprint density at radius 2 is 2.38 bits per heavy atom. The maximum absolute atomic E-state index is 12.0. The van der Waals surface area contributed by atoms with E-state index in [1.54, 1.807) is 24.3 Å². The normalized spacial score (nSPS) is 16.9. The van der Waals surface area contributed by atoms with Crippen LogP contribution in [-0.4, -0.2) is 25.0 Å². The van der Waals surface area contributed by atoms with E-state index in [2.05, 4.69) is 16.7 Å². The van der Waals surface area contributed by atoms with Crippen LogP contribution < -0.4 is 15.4 Å². The number of amides is 2. The Bertz CT molecular complexity index is 566. The molecule has 1 aliphatic heterocycles. The molecule has 1 heterocycles. The fraction of sp³-hybridized carbons (Fsp3) is 0.400. The minimum atomic E-state index is -0.322. The summed E-state index contributed by atoms with van der Waals surface area (Å²) in [4.78, 5) is 23.1. The molecule has 0 spiro atoms. The Morgan fingerprint density at radius 3 is 3.10 bits per heavy atom. The molecule has 0 radical (unpaired) electrons. The molecule has 110 valence electrons. The standard InChI is InChI=1S/C15H17N3O3/c16-6-1-2-7-21-13-5-3-4-12(9-13)18-15(20)11-8-14(19)17-10-11/h3-5,9,11H,1-2,7-8,10H2,(H,17,19)(H,18,20). The highest BCUT2D eigenvalue weighted by Crippen LogP contribution is 2.19. The first kappa shape index (κ1) is 14.9. The van der Waals surface area contributed by atoms with Crippen LogP contribution in [0.2, 0.25) is 0 Å². The number of unbranched alkanes of at least 4 members (excludes halogenated alkanes) is 1. The molecule has 0 saturated carbocycles. The highest BCUT2D eigenvalue weighted by Gasteiger charge is 2.27. The van der Waals surface area contributed by atoms with Crippen LogP contribution in [0.4, 0.5) is 5.69 Å². The van der Waals surface area contributed by atoms with Crippen molar-refractivity contribution in [1.82, 2.24) is 5.32 Å². The number of nitrogens with zero attached hydrogens (tertiary/aromatic N) is 1. The lowest BCUT2D eigenvalue weighted by molar-refractivity contribution is -0.123. The number of hydrogen-bond acceptors (Lipinski definition) is 4. The van der Waals surface area contributed by atoms with Crippen molar-refractivity contribution in [3.63, 3.8) is 0 Å². The van der Waals surface area contributed by atoms with Gasteiger partial charge in [0.05, 0.1) is 18.6 Å². The van der Waals surface area contributed by atoms with Crippen molar-refractivity contribution >= 4 is 17.5 Å². The lowest BCUT2D eigenvalue weighted by atomic mass is 10.1. The van der Waals surface area contributed by atoms with Crippen molar-refractivity contribution in [3.05, 3.63) is 24.3 Å². The third-order valence-electron chi connectivity index (χ3n) is 3.15. The SMILES string of the molecule is N#CCCCOc1cccc(NC(=O)C2CNC(=O)C2)c1. The third-order valence-corrected chi connectivity index (χ3v) is 3.15. The Morgan fingerprint density at radius 1 is 1.52 bits per heavy atom. The molecule has 1 aromatic rings. The van der Waals surface area contributed by atoms with Gasteiger partial charge < -0.3 is 15.4 Å². The van der Waals surface area contributed by atoms with Crippen LogP contribution in [0, 0.1) is 17.2 Å². The lowest BCUT2D eigenvalue weighted by Gasteiger charge is -2.11. The van der Waals surface area contributed by atoms with Crippen LogP contribution in [0.25, 0.3) is 0 Å². The first-order valence-electron chi connectivity index (χ1n) is 6.86. The average Bonchev–Trinajstić information content (AvgIpc) is 2.91. The van der Waals surface area contributed by atoms with Crippen LogP contribution >= 0.6 is 0 Å². The second-order valence-electron chi connectivity index (χ2n) is 4.83. The summed E-state index contributed by atoms with van der Waals surface area (Å²) in [6.45, 7) is 0.848. The van der Waals surface area contributed by atoms with Crippen LogP contribution in [0.15, 0.2) is 24.3 Å². The molecule has 2 N–H and O–H groups in total. The van der Waals surface area contributed by atoms with Crippen molar-refractivity contribution in [2.45, 2.75) is 19.3 Å².